The third-order valence-corrected chi connectivity index (χ3v) is 3.29. The first-order valence-corrected chi connectivity index (χ1v) is 7.22. The molecule has 0 saturated carbocycles. The fourth-order valence-electron chi connectivity index (χ4n) is 2.14. The SMILES string of the molecule is CCCCCCNCC(O)c1cc(C)ccc1OC. The van der Waals surface area contributed by atoms with Gasteiger partial charge in [-0.2, -0.15) is 0 Å². The van der Waals surface area contributed by atoms with Crippen LogP contribution in [-0.2, 0) is 0 Å². The molecule has 19 heavy (non-hydrogen) atoms. The molecule has 0 saturated heterocycles. The molecule has 0 bridgehead atoms. The molecule has 0 amide bonds. The standard InChI is InChI=1S/C16H27NO2/c1-4-5-6-7-10-17-12-15(18)14-11-13(2)8-9-16(14)19-3/h8-9,11,15,17-18H,4-7,10,12H2,1-3H3. The van der Waals surface area contributed by atoms with Gasteiger partial charge >= 0.3 is 0 Å². The molecular weight excluding hydrogens is 238 g/mol. The molecule has 1 unspecified atom stereocenters. The topological polar surface area (TPSA) is 41.5 Å². The first-order valence-electron chi connectivity index (χ1n) is 7.22. The lowest BCUT2D eigenvalue weighted by atomic mass is 10.1. The predicted molar refractivity (Wildman–Crippen MR) is 79.7 cm³/mol. The van der Waals surface area contributed by atoms with E-state index >= 15 is 0 Å². The molecule has 2 N–H and O–H groups in total. The van der Waals surface area contributed by atoms with Crippen LogP contribution in [0.1, 0.15) is 49.8 Å². The fourth-order valence-corrected chi connectivity index (χ4v) is 2.14. The minimum Gasteiger partial charge on any atom is -0.496 e. The van der Waals surface area contributed by atoms with Gasteiger partial charge in [0.05, 0.1) is 13.2 Å². The molecule has 3 heteroatoms. The predicted octanol–water partition coefficient (Wildman–Crippen LogP) is 3.21. The molecule has 0 radical (unpaired) electrons. The average Bonchev–Trinajstić information content (AvgIpc) is 2.42. The summed E-state index contributed by atoms with van der Waals surface area (Å²) in [5, 5.41) is 13.5. The highest BCUT2D eigenvalue weighted by atomic mass is 16.5. The van der Waals surface area contributed by atoms with Crippen LogP contribution in [0.15, 0.2) is 18.2 Å². The van der Waals surface area contributed by atoms with E-state index < -0.39 is 6.10 Å². The third kappa shape index (κ3) is 5.62. The van der Waals surface area contributed by atoms with Crippen molar-refractivity contribution in [1.29, 1.82) is 0 Å². The van der Waals surface area contributed by atoms with E-state index in [4.69, 9.17) is 4.74 Å². The quantitative estimate of drug-likeness (QED) is 0.674. The number of ether oxygens (including phenoxy) is 1. The summed E-state index contributed by atoms with van der Waals surface area (Å²) < 4.78 is 5.29. The molecule has 0 heterocycles. The summed E-state index contributed by atoms with van der Waals surface area (Å²) in [4.78, 5) is 0. The van der Waals surface area contributed by atoms with Crippen molar-refractivity contribution >= 4 is 0 Å². The Morgan fingerprint density at radius 2 is 2.05 bits per heavy atom. The van der Waals surface area contributed by atoms with Crippen molar-refractivity contribution in [2.75, 3.05) is 20.2 Å². The molecule has 0 aliphatic heterocycles. The summed E-state index contributed by atoms with van der Waals surface area (Å²) in [5.41, 5.74) is 2.00. The minimum absolute atomic E-state index is 0.513. The van der Waals surface area contributed by atoms with E-state index in [2.05, 4.69) is 12.2 Å². The summed E-state index contributed by atoms with van der Waals surface area (Å²) in [6, 6.07) is 5.89. The number of hydrogen-bond acceptors (Lipinski definition) is 3. The van der Waals surface area contributed by atoms with Gasteiger partial charge in [-0.05, 0) is 32.0 Å². The lowest BCUT2D eigenvalue weighted by molar-refractivity contribution is 0.170. The second kappa shape index (κ2) is 8.94. The van der Waals surface area contributed by atoms with E-state index in [9.17, 15) is 5.11 Å². The highest BCUT2D eigenvalue weighted by Crippen LogP contribution is 2.25. The number of aliphatic hydroxyl groups excluding tert-OH is 1. The Labute approximate surface area is 117 Å². The zero-order valence-corrected chi connectivity index (χ0v) is 12.4. The fraction of sp³-hybridized carbons (Fsp3) is 0.625. The van der Waals surface area contributed by atoms with Gasteiger partial charge in [-0.25, -0.2) is 0 Å². The monoisotopic (exact) mass is 265 g/mol. The first kappa shape index (κ1) is 16.0. The van der Waals surface area contributed by atoms with Crippen molar-refractivity contribution < 1.29 is 9.84 Å². The largest absolute Gasteiger partial charge is 0.496 e. The molecular formula is C16H27NO2. The normalized spacial score (nSPS) is 12.4. The van der Waals surface area contributed by atoms with Crippen molar-refractivity contribution in [2.45, 2.75) is 45.6 Å². The van der Waals surface area contributed by atoms with E-state index in [0.29, 0.717) is 6.54 Å². The summed E-state index contributed by atoms with van der Waals surface area (Å²) >= 11 is 0. The van der Waals surface area contributed by atoms with Crippen molar-refractivity contribution in [3.8, 4) is 5.75 Å². The molecule has 1 atom stereocenters. The van der Waals surface area contributed by atoms with E-state index in [1.165, 1.54) is 25.7 Å². The molecule has 0 fully saturated rings. The molecule has 108 valence electrons. The smallest absolute Gasteiger partial charge is 0.124 e. The first-order chi connectivity index (χ1) is 9.19. The van der Waals surface area contributed by atoms with Crippen LogP contribution in [-0.4, -0.2) is 25.3 Å². The second-order valence-corrected chi connectivity index (χ2v) is 5.03. The third-order valence-electron chi connectivity index (χ3n) is 3.29. The number of benzene rings is 1. The zero-order valence-electron chi connectivity index (χ0n) is 12.4. The number of unbranched alkanes of at least 4 members (excludes halogenated alkanes) is 3. The Hall–Kier alpha value is -1.06. The Kier molecular flexibility index (Phi) is 7.53. The minimum atomic E-state index is -0.513. The molecule has 1 aromatic rings. The van der Waals surface area contributed by atoms with Crippen LogP contribution < -0.4 is 10.1 Å². The van der Waals surface area contributed by atoms with Crippen molar-refractivity contribution in [3.05, 3.63) is 29.3 Å². The van der Waals surface area contributed by atoms with E-state index in [-0.39, 0.29) is 0 Å². The van der Waals surface area contributed by atoms with Crippen molar-refractivity contribution in [2.24, 2.45) is 0 Å². The number of aryl methyl sites for hydroxylation is 1. The molecule has 3 nitrogen and oxygen atoms in total. The number of hydrogen-bond donors (Lipinski definition) is 2. The molecule has 1 aromatic carbocycles. The van der Waals surface area contributed by atoms with E-state index in [1.807, 2.05) is 25.1 Å². The maximum Gasteiger partial charge on any atom is 0.124 e. The van der Waals surface area contributed by atoms with Crippen molar-refractivity contribution in [3.63, 3.8) is 0 Å². The molecule has 0 spiro atoms. The van der Waals surface area contributed by atoms with Crippen LogP contribution in [0.25, 0.3) is 0 Å². The van der Waals surface area contributed by atoms with Crippen LogP contribution in [0.4, 0.5) is 0 Å². The van der Waals surface area contributed by atoms with E-state index in [0.717, 1.165) is 23.4 Å². The number of nitrogens with one attached hydrogen (secondary N) is 1. The van der Waals surface area contributed by atoms with Crippen LogP contribution in [0.5, 0.6) is 5.75 Å². The number of aliphatic hydroxyl groups is 1. The Bertz CT molecular complexity index is 366. The van der Waals surface area contributed by atoms with Crippen LogP contribution in [0.2, 0.25) is 0 Å². The molecule has 0 aromatic heterocycles. The second-order valence-electron chi connectivity index (χ2n) is 5.03. The number of methoxy groups -OCH3 is 1. The van der Waals surface area contributed by atoms with Gasteiger partial charge in [-0.15, -0.1) is 0 Å². The molecule has 0 aliphatic rings. The zero-order chi connectivity index (χ0) is 14.1. The van der Waals surface area contributed by atoms with Gasteiger partial charge in [0.1, 0.15) is 5.75 Å². The Morgan fingerprint density at radius 3 is 2.74 bits per heavy atom. The summed E-state index contributed by atoms with van der Waals surface area (Å²) in [6.45, 7) is 5.77. The van der Waals surface area contributed by atoms with Gasteiger partial charge in [-0.1, -0.05) is 37.8 Å². The maximum atomic E-state index is 10.2. The number of rotatable bonds is 9. The van der Waals surface area contributed by atoms with Gasteiger partial charge in [-0.3, -0.25) is 0 Å². The van der Waals surface area contributed by atoms with Gasteiger partial charge in [0.15, 0.2) is 0 Å². The maximum absolute atomic E-state index is 10.2. The summed E-state index contributed by atoms with van der Waals surface area (Å²) in [7, 11) is 1.64. The van der Waals surface area contributed by atoms with Crippen LogP contribution in [0.3, 0.4) is 0 Å². The summed E-state index contributed by atoms with van der Waals surface area (Å²) in [6.07, 6.45) is 4.46. The lowest BCUT2D eigenvalue weighted by Gasteiger charge is -2.16. The molecule has 0 aliphatic carbocycles. The van der Waals surface area contributed by atoms with Gasteiger partial charge in [0, 0.05) is 12.1 Å². The lowest BCUT2D eigenvalue weighted by Crippen LogP contribution is -2.22. The Balaban J connectivity index is 2.40. The van der Waals surface area contributed by atoms with Gasteiger partial charge in [0.25, 0.3) is 0 Å². The highest BCUT2D eigenvalue weighted by molar-refractivity contribution is 5.38. The van der Waals surface area contributed by atoms with Gasteiger partial charge < -0.3 is 15.2 Å². The van der Waals surface area contributed by atoms with Crippen LogP contribution in [0, 0.1) is 6.92 Å². The Morgan fingerprint density at radius 1 is 1.26 bits per heavy atom. The van der Waals surface area contributed by atoms with Crippen molar-refractivity contribution in [1.82, 2.24) is 5.32 Å². The van der Waals surface area contributed by atoms with Crippen LogP contribution >= 0.6 is 0 Å². The molecule has 1 rings (SSSR count). The van der Waals surface area contributed by atoms with E-state index in [1.54, 1.807) is 7.11 Å². The van der Waals surface area contributed by atoms with Gasteiger partial charge in [0.2, 0.25) is 0 Å². The summed E-state index contributed by atoms with van der Waals surface area (Å²) in [5.74, 6) is 0.755. The average molecular weight is 265 g/mol. The highest BCUT2D eigenvalue weighted by Gasteiger charge is 2.12.